The van der Waals surface area contributed by atoms with E-state index in [9.17, 15) is 4.79 Å². The number of nitrogens with zero attached hydrogens (tertiary/aromatic N) is 5. The van der Waals surface area contributed by atoms with Crippen molar-refractivity contribution in [2.45, 2.75) is 39.8 Å². The monoisotopic (exact) mass is 437 g/mol. The van der Waals surface area contributed by atoms with E-state index >= 15 is 0 Å². The van der Waals surface area contributed by atoms with Gasteiger partial charge in [-0.1, -0.05) is 57.7 Å². The Kier molecular flexibility index (Phi) is 7.85. The number of para-hydroxylation sites is 1. The van der Waals surface area contributed by atoms with Crippen molar-refractivity contribution in [1.29, 1.82) is 0 Å². The zero-order valence-corrected chi connectivity index (χ0v) is 19.8. The predicted molar refractivity (Wildman–Crippen MR) is 126 cm³/mol. The minimum Gasteiger partial charge on any atom is -0.341 e. The summed E-state index contributed by atoms with van der Waals surface area (Å²) in [5.41, 5.74) is 3.00. The van der Waals surface area contributed by atoms with E-state index in [1.165, 1.54) is 11.8 Å². The van der Waals surface area contributed by atoms with E-state index in [-0.39, 0.29) is 5.91 Å². The second-order valence-corrected chi connectivity index (χ2v) is 9.49. The Balaban J connectivity index is 1.90. The van der Waals surface area contributed by atoms with Gasteiger partial charge in [0.25, 0.3) is 0 Å². The molecule has 0 N–H and O–H groups in total. The molecule has 1 amide bonds. The Hall–Kier alpha value is -2.67. The zero-order chi connectivity index (χ0) is 22.4. The fourth-order valence-corrected chi connectivity index (χ4v) is 4.30. The molecule has 0 radical (unpaired) electrons. The molecular formula is C24H31N5OS. The first-order valence-corrected chi connectivity index (χ1v) is 11.7. The molecule has 0 aliphatic heterocycles. The molecule has 0 aliphatic rings. The summed E-state index contributed by atoms with van der Waals surface area (Å²) in [5.74, 6) is 2.05. The number of aromatic nitrogens is 4. The second-order valence-electron chi connectivity index (χ2n) is 8.54. The van der Waals surface area contributed by atoms with Crippen LogP contribution < -0.4 is 0 Å². The van der Waals surface area contributed by atoms with E-state index < -0.39 is 0 Å². The summed E-state index contributed by atoms with van der Waals surface area (Å²) < 4.78 is 2.03. The molecule has 31 heavy (non-hydrogen) atoms. The van der Waals surface area contributed by atoms with Gasteiger partial charge >= 0.3 is 0 Å². The van der Waals surface area contributed by atoms with E-state index in [4.69, 9.17) is 0 Å². The van der Waals surface area contributed by atoms with Crippen molar-refractivity contribution in [3.63, 3.8) is 0 Å². The van der Waals surface area contributed by atoms with Crippen molar-refractivity contribution in [2.24, 2.45) is 11.8 Å². The van der Waals surface area contributed by atoms with Gasteiger partial charge in [0.2, 0.25) is 5.91 Å². The van der Waals surface area contributed by atoms with Crippen LogP contribution in [0.15, 0.2) is 53.9 Å². The van der Waals surface area contributed by atoms with Crippen LogP contribution in [0.1, 0.15) is 33.3 Å². The lowest BCUT2D eigenvalue weighted by atomic mass is 10.1. The predicted octanol–water partition coefficient (Wildman–Crippen LogP) is 4.87. The molecule has 0 atom stereocenters. The number of carbonyl (C=O) groups excluding carboxylic acids is 1. The van der Waals surface area contributed by atoms with Gasteiger partial charge in [0, 0.05) is 31.0 Å². The summed E-state index contributed by atoms with van der Waals surface area (Å²) >= 11 is 1.43. The van der Waals surface area contributed by atoms with E-state index in [0.29, 0.717) is 22.7 Å². The molecule has 3 rings (SSSR count). The molecule has 2 aromatic heterocycles. The molecule has 7 heteroatoms. The summed E-state index contributed by atoms with van der Waals surface area (Å²) in [5, 5.41) is 9.60. The number of thioether (sulfide) groups is 1. The van der Waals surface area contributed by atoms with Crippen molar-refractivity contribution in [3.8, 4) is 17.1 Å². The van der Waals surface area contributed by atoms with Crippen molar-refractivity contribution >= 4 is 17.7 Å². The van der Waals surface area contributed by atoms with Gasteiger partial charge in [0.1, 0.15) is 0 Å². The normalized spacial score (nSPS) is 11.3. The molecule has 6 nitrogen and oxygen atoms in total. The van der Waals surface area contributed by atoms with Crippen LogP contribution in [0, 0.1) is 18.8 Å². The van der Waals surface area contributed by atoms with Gasteiger partial charge in [0.05, 0.1) is 11.4 Å². The van der Waals surface area contributed by atoms with Crippen LogP contribution in [0.4, 0.5) is 0 Å². The van der Waals surface area contributed by atoms with Crippen molar-refractivity contribution in [2.75, 3.05) is 18.8 Å². The first kappa shape index (κ1) is 23.0. The third-order valence-corrected chi connectivity index (χ3v) is 5.67. The number of rotatable bonds is 9. The van der Waals surface area contributed by atoms with Crippen LogP contribution in [-0.4, -0.2) is 49.4 Å². The molecule has 0 bridgehead atoms. The van der Waals surface area contributed by atoms with Gasteiger partial charge in [-0.3, -0.25) is 14.3 Å². The van der Waals surface area contributed by atoms with Gasteiger partial charge in [0.15, 0.2) is 11.0 Å². The average molecular weight is 438 g/mol. The molecule has 3 aromatic rings. The molecule has 0 saturated carbocycles. The number of carbonyl (C=O) groups is 1. The number of hydrogen-bond donors (Lipinski definition) is 0. The topological polar surface area (TPSA) is 63.9 Å². The lowest BCUT2D eigenvalue weighted by Gasteiger charge is -2.26. The quantitative estimate of drug-likeness (QED) is 0.447. The van der Waals surface area contributed by atoms with Crippen molar-refractivity contribution in [3.05, 3.63) is 54.4 Å². The molecule has 164 valence electrons. The Morgan fingerprint density at radius 1 is 1.03 bits per heavy atom. The third kappa shape index (κ3) is 5.94. The highest BCUT2D eigenvalue weighted by Crippen LogP contribution is 2.29. The van der Waals surface area contributed by atoms with Gasteiger partial charge in [-0.25, -0.2) is 0 Å². The summed E-state index contributed by atoms with van der Waals surface area (Å²) in [7, 11) is 0. The zero-order valence-electron chi connectivity index (χ0n) is 18.9. The summed E-state index contributed by atoms with van der Waals surface area (Å²) in [4.78, 5) is 19.2. The lowest BCUT2D eigenvalue weighted by molar-refractivity contribution is -0.129. The SMILES string of the molecule is Cc1ccccc1-n1c(SCC(=O)N(CC(C)C)CC(C)C)nnc1-c1cccnc1. The molecular weight excluding hydrogens is 406 g/mol. The minimum atomic E-state index is 0.134. The van der Waals surface area contributed by atoms with Crippen LogP contribution in [0.5, 0.6) is 0 Å². The second kappa shape index (κ2) is 10.6. The number of benzene rings is 1. The Labute approximate surface area is 189 Å². The molecule has 0 saturated heterocycles. The molecule has 0 fully saturated rings. The molecule has 0 aliphatic carbocycles. The average Bonchev–Trinajstić information content (AvgIpc) is 3.15. The number of aryl methyl sites for hydroxylation is 1. The van der Waals surface area contributed by atoms with E-state index in [0.717, 1.165) is 35.7 Å². The fraction of sp³-hybridized carbons (Fsp3) is 0.417. The van der Waals surface area contributed by atoms with Crippen LogP contribution in [-0.2, 0) is 4.79 Å². The smallest absolute Gasteiger partial charge is 0.233 e. The summed E-state index contributed by atoms with van der Waals surface area (Å²) in [6.45, 7) is 12.2. The fourth-order valence-electron chi connectivity index (χ4n) is 3.45. The minimum absolute atomic E-state index is 0.134. The first-order valence-electron chi connectivity index (χ1n) is 10.7. The van der Waals surface area contributed by atoms with Crippen LogP contribution in [0.25, 0.3) is 17.1 Å². The third-order valence-electron chi connectivity index (χ3n) is 4.76. The molecule has 1 aromatic carbocycles. The Bertz CT molecular complexity index is 990. The van der Waals surface area contributed by atoms with E-state index in [1.807, 2.05) is 39.8 Å². The van der Waals surface area contributed by atoms with Gasteiger partial charge < -0.3 is 4.90 Å². The van der Waals surface area contributed by atoms with E-state index in [2.05, 4.69) is 55.9 Å². The number of amides is 1. The van der Waals surface area contributed by atoms with E-state index in [1.54, 1.807) is 12.4 Å². The first-order chi connectivity index (χ1) is 14.9. The highest BCUT2D eigenvalue weighted by atomic mass is 32.2. The van der Waals surface area contributed by atoms with Gasteiger partial charge in [-0.2, -0.15) is 0 Å². The number of hydrogen-bond acceptors (Lipinski definition) is 5. The highest BCUT2D eigenvalue weighted by molar-refractivity contribution is 7.99. The van der Waals surface area contributed by atoms with Crippen LogP contribution in [0.3, 0.4) is 0 Å². The van der Waals surface area contributed by atoms with Crippen LogP contribution in [0.2, 0.25) is 0 Å². The largest absolute Gasteiger partial charge is 0.341 e. The highest BCUT2D eigenvalue weighted by Gasteiger charge is 2.21. The standard InChI is InChI=1S/C24H31N5OS/c1-17(2)14-28(15-18(3)4)22(30)16-31-24-27-26-23(20-10-8-12-25-13-20)29(24)21-11-7-6-9-19(21)5/h6-13,17-18H,14-16H2,1-5H3. The maximum atomic E-state index is 13.0. The molecule has 0 unspecified atom stereocenters. The van der Waals surface area contributed by atoms with Crippen molar-refractivity contribution < 1.29 is 4.79 Å². The lowest BCUT2D eigenvalue weighted by Crippen LogP contribution is -2.38. The summed E-state index contributed by atoms with van der Waals surface area (Å²) in [6, 6.07) is 12.0. The van der Waals surface area contributed by atoms with Gasteiger partial charge in [-0.05, 0) is 42.5 Å². The maximum absolute atomic E-state index is 13.0. The van der Waals surface area contributed by atoms with Crippen molar-refractivity contribution in [1.82, 2.24) is 24.6 Å². The van der Waals surface area contributed by atoms with Crippen LogP contribution >= 0.6 is 11.8 Å². The molecule has 0 spiro atoms. The summed E-state index contributed by atoms with van der Waals surface area (Å²) in [6.07, 6.45) is 3.52. The Morgan fingerprint density at radius 2 is 1.74 bits per heavy atom. The Morgan fingerprint density at radius 3 is 2.35 bits per heavy atom. The number of pyridine rings is 1. The molecule has 2 heterocycles. The van der Waals surface area contributed by atoms with Gasteiger partial charge in [-0.15, -0.1) is 10.2 Å². The maximum Gasteiger partial charge on any atom is 0.233 e.